The van der Waals surface area contributed by atoms with E-state index in [9.17, 15) is 8.42 Å². The van der Waals surface area contributed by atoms with E-state index in [1.807, 2.05) is 30.3 Å². The molecule has 0 amide bonds. The van der Waals surface area contributed by atoms with Crippen LogP contribution in [0.25, 0.3) is 0 Å². The summed E-state index contributed by atoms with van der Waals surface area (Å²) in [6.45, 7) is 0.279. The van der Waals surface area contributed by atoms with Crippen molar-refractivity contribution in [1.82, 2.24) is 4.72 Å². The average Bonchev–Trinajstić information content (AvgIpc) is 2.48. The molecular weight excluding hydrogens is 308 g/mol. The second kappa shape index (κ2) is 7.04. The quantitative estimate of drug-likeness (QED) is 0.858. The second-order valence-electron chi connectivity index (χ2n) is 4.66. The first-order valence-electron chi connectivity index (χ1n) is 6.55. The van der Waals surface area contributed by atoms with Crippen LogP contribution in [-0.2, 0) is 10.0 Å². The zero-order valence-electron chi connectivity index (χ0n) is 11.4. The molecule has 6 heteroatoms. The highest BCUT2D eigenvalue weighted by Gasteiger charge is 2.14. The molecule has 0 fully saturated rings. The van der Waals surface area contributed by atoms with E-state index >= 15 is 0 Å². The summed E-state index contributed by atoms with van der Waals surface area (Å²) in [5.74, 6) is 0. The summed E-state index contributed by atoms with van der Waals surface area (Å²) in [6.07, 6.45) is 0.525. The Hall–Kier alpha value is -1.40. The number of nitrogens with one attached hydrogen (secondary N) is 1. The maximum absolute atomic E-state index is 12.1. The Balaban J connectivity index is 1.92. The van der Waals surface area contributed by atoms with Gasteiger partial charge in [0.15, 0.2) is 0 Å². The second-order valence-corrected chi connectivity index (χ2v) is 6.86. The van der Waals surface area contributed by atoms with Crippen LogP contribution in [0, 0.1) is 0 Å². The number of hydrogen-bond acceptors (Lipinski definition) is 3. The van der Waals surface area contributed by atoms with Crippen LogP contribution in [0.5, 0.6) is 0 Å². The van der Waals surface area contributed by atoms with Gasteiger partial charge in [-0.1, -0.05) is 41.9 Å². The molecule has 0 spiro atoms. The third-order valence-corrected chi connectivity index (χ3v) is 4.83. The van der Waals surface area contributed by atoms with E-state index in [0.29, 0.717) is 11.4 Å². The molecule has 1 atom stereocenters. The molecule has 1 unspecified atom stereocenters. The Kier molecular flexibility index (Phi) is 5.36. The Morgan fingerprint density at radius 3 is 2.29 bits per heavy atom. The molecule has 3 N–H and O–H groups in total. The molecule has 21 heavy (non-hydrogen) atoms. The van der Waals surface area contributed by atoms with Crippen LogP contribution in [0.3, 0.4) is 0 Å². The number of nitrogens with two attached hydrogens (primary N) is 1. The van der Waals surface area contributed by atoms with Crippen LogP contribution in [0.4, 0.5) is 0 Å². The Bertz CT molecular complexity index is 673. The molecule has 0 saturated carbocycles. The first kappa shape index (κ1) is 16.0. The van der Waals surface area contributed by atoms with Crippen molar-refractivity contribution in [2.45, 2.75) is 17.4 Å². The van der Waals surface area contributed by atoms with E-state index in [1.165, 1.54) is 12.1 Å². The molecule has 2 rings (SSSR count). The minimum atomic E-state index is -3.52. The van der Waals surface area contributed by atoms with Crippen molar-refractivity contribution >= 4 is 21.6 Å². The van der Waals surface area contributed by atoms with Gasteiger partial charge in [0, 0.05) is 17.6 Å². The minimum Gasteiger partial charge on any atom is -0.324 e. The number of sulfonamides is 1. The summed E-state index contributed by atoms with van der Waals surface area (Å²) >= 11 is 5.74. The van der Waals surface area contributed by atoms with Crippen molar-refractivity contribution < 1.29 is 8.42 Å². The molecule has 0 radical (unpaired) electrons. The van der Waals surface area contributed by atoms with E-state index in [4.69, 9.17) is 17.3 Å². The smallest absolute Gasteiger partial charge is 0.240 e. The maximum atomic E-state index is 12.1. The topological polar surface area (TPSA) is 72.2 Å². The predicted molar refractivity (Wildman–Crippen MR) is 84.6 cm³/mol. The molecule has 0 saturated heterocycles. The summed E-state index contributed by atoms with van der Waals surface area (Å²) < 4.78 is 26.7. The van der Waals surface area contributed by atoms with Crippen molar-refractivity contribution in [3.63, 3.8) is 0 Å². The molecule has 0 aromatic heterocycles. The predicted octanol–water partition coefficient (Wildman–Crippen LogP) is 2.71. The van der Waals surface area contributed by atoms with Crippen LogP contribution >= 0.6 is 11.6 Å². The van der Waals surface area contributed by atoms with E-state index in [2.05, 4.69) is 4.72 Å². The average molecular weight is 325 g/mol. The fourth-order valence-corrected chi connectivity index (χ4v) is 3.09. The number of hydrogen-bond donors (Lipinski definition) is 2. The number of rotatable bonds is 6. The van der Waals surface area contributed by atoms with E-state index in [1.54, 1.807) is 12.1 Å². The molecule has 0 aliphatic heterocycles. The van der Waals surface area contributed by atoms with Gasteiger partial charge in [0.1, 0.15) is 0 Å². The van der Waals surface area contributed by atoms with Gasteiger partial charge in [0.2, 0.25) is 10.0 Å². The van der Waals surface area contributed by atoms with Crippen LogP contribution in [0.2, 0.25) is 5.02 Å². The molecule has 0 aliphatic carbocycles. The first-order valence-corrected chi connectivity index (χ1v) is 8.41. The number of halogens is 1. The molecule has 2 aromatic rings. The van der Waals surface area contributed by atoms with Gasteiger partial charge in [0.25, 0.3) is 0 Å². The summed E-state index contributed by atoms with van der Waals surface area (Å²) in [5.41, 5.74) is 7.02. The monoisotopic (exact) mass is 324 g/mol. The highest BCUT2D eigenvalue weighted by atomic mass is 35.5. The van der Waals surface area contributed by atoms with Gasteiger partial charge in [-0.3, -0.25) is 0 Å². The van der Waals surface area contributed by atoms with Gasteiger partial charge in [-0.2, -0.15) is 0 Å². The molecule has 0 bridgehead atoms. The summed E-state index contributed by atoms with van der Waals surface area (Å²) in [4.78, 5) is 0.195. The highest BCUT2D eigenvalue weighted by molar-refractivity contribution is 7.89. The van der Waals surface area contributed by atoms with Crippen molar-refractivity contribution in [3.05, 3.63) is 65.2 Å². The van der Waals surface area contributed by atoms with E-state index in [-0.39, 0.29) is 17.5 Å². The lowest BCUT2D eigenvalue weighted by atomic mass is 10.1. The van der Waals surface area contributed by atoms with Gasteiger partial charge in [-0.05, 0) is 36.2 Å². The fraction of sp³-hybridized carbons (Fsp3) is 0.200. The zero-order valence-corrected chi connectivity index (χ0v) is 12.9. The van der Waals surface area contributed by atoms with Gasteiger partial charge in [-0.25, -0.2) is 13.1 Å². The van der Waals surface area contributed by atoms with E-state index in [0.717, 1.165) is 5.56 Å². The first-order chi connectivity index (χ1) is 9.99. The Labute approximate surface area is 130 Å². The molecule has 2 aromatic carbocycles. The molecular formula is C15H17ClN2O2S. The normalized spacial score (nSPS) is 13.0. The Morgan fingerprint density at radius 2 is 1.67 bits per heavy atom. The van der Waals surface area contributed by atoms with Crippen molar-refractivity contribution in [2.24, 2.45) is 5.73 Å². The third kappa shape index (κ3) is 4.54. The summed E-state index contributed by atoms with van der Waals surface area (Å²) in [6, 6.07) is 15.4. The van der Waals surface area contributed by atoms with Gasteiger partial charge in [0.05, 0.1) is 4.90 Å². The minimum absolute atomic E-state index is 0.195. The number of benzene rings is 2. The van der Waals surface area contributed by atoms with Gasteiger partial charge < -0.3 is 5.73 Å². The van der Waals surface area contributed by atoms with Crippen molar-refractivity contribution in [2.75, 3.05) is 6.54 Å². The molecule has 4 nitrogen and oxygen atoms in total. The zero-order chi connectivity index (χ0) is 15.3. The van der Waals surface area contributed by atoms with Crippen LogP contribution < -0.4 is 10.5 Å². The third-order valence-electron chi connectivity index (χ3n) is 3.10. The SMILES string of the molecule is NC(CCNS(=O)(=O)c1ccc(Cl)cc1)c1ccccc1. The summed E-state index contributed by atoms with van der Waals surface area (Å²) in [7, 11) is -3.52. The van der Waals surface area contributed by atoms with Crippen LogP contribution in [0.15, 0.2) is 59.5 Å². The van der Waals surface area contributed by atoms with Crippen molar-refractivity contribution in [3.8, 4) is 0 Å². The molecule has 0 heterocycles. The summed E-state index contributed by atoms with van der Waals surface area (Å²) in [5, 5.41) is 0.500. The van der Waals surface area contributed by atoms with Crippen LogP contribution in [0.1, 0.15) is 18.0 Å². The fourth-order valence-electron chi connectivity index (χ4n) is 1.91. The van der Waals surface area contributed by atoms with Gasteiger partial charge in [-0.15, -0.1) is 0 Å². The lowest BCUT2D eigenvalue weighted by molar-refractivity contribution is 0.569. The Morgan fingerprint density at radius 1 is 1.05 bits per heavy atom. The standard InChI is InChI=1S/C15H17ClN2O2S/c16-13-6-8-14(9-7-13)21(19,20)18-11-10-15(17)12-4-2-1-3-5-12/h1-9,15,18H,10-11,17H2. The highest BCUT2D eigenvalue weighted by Crippen LogP contribution is 2.15. The van der Waals surface area contributed by atoms with Crippen LogP contribution in [-0.4, -0.2) is 15.0 Å². The van der Waals surface area contributed by atoms with Gasteiger partial charge >= 0.3 is 0 Å². The van der Waals surface area contributed by atoms with Crippen molar-refractivity contribution in [1.29, 1.82) is 0 Å². The molecule has 112 valence electrons. The van der Waals surface area contributed by atoms with E-state index < -0.39 is 10.0 Å². The molecule has 0 aliphatic rings. The maximum Gasteiger partial charge on any atom is 0.240 e. The lowest BCUT2D eigenvalue weighted by Crippen LogP contribution is -2.27. The lowest BCUT2D eigenvalue weighted by Gasteiger charge is -2.12. The largest absolute Gasteiger partial charge is 0.324 e.